The molecule has 21 heavy (non-hydrogen) atoms. The van der Waals surface area contributed by atoms with Gasteiger partial charge in [-0.15, -0.1) is 11.3 Å². The molecule has 7 heteroatoms. The molecule has 1 heterocycles. The fourth-order valence-corrected chi connectivity index (χ4v) is 3.21. The van der Waals surface area contributed by atoms with Crippen molar-refractivity contribution in [3.05, 3.63) is 11.1 Å². The molecule has 116 valence electrons. The number of nitrogens with zero attached hydrogens (tertiary/aromatic N) is 1. The predicted molar refractivity (Wildman–Crippen MR) is 81.7 cm³/mol. The van der Waals surface area contributed by atoms with E-state index in [1.54, 1.807) is 0 Å². The Morgan fingerprint density at radius 1 is 1.33 bits per heavy atom. The molecule has 0 saturated heterocycles. The summed E-state index contributed by atoms with van der Waals surface area (Å²) in [6.07, 6.45) is 7.03. The Morgan fingerprint density at radius 3 is 2.81 bits per heavy atom. The van der Waals surface area contributed by atoms with Gasteiger partial charge in [0.1, 0.15) is 0 Å². The summed E-state index contributed by atoms with van der Waals surface area (Å²) in [7, 11) is 0. The Kier molecular flexibility index (Phi) is 5.98. The lowest BCUT2D eigenvalue weighted by Crippen LogP contribution is -2.38. The van der Waals surface area contributed by atoms with E-state index in [1.165, 1.54) is 30.6 Å². The SMILES string of the molecule is O=C(O)CCCc1csc(NC(=O)NC2CCCCC2)n1. The summed E-state index contributed by atoms with van der Waals surface area (Å²) in [5.41, 5.74) is 0.828. The van der Waals surface area contributed by atoms with Crippen molar-refractivity contribution >= 4 is 28.5 Å². The highest BCUT2D eigenvalue weighted by molar-refractivity contribution is 7.13. The topological polar surface area (TPSA) is 91.3 Å². The summed E-state index contributed by atoms with van der Waals surface area (Å²) in [5.74, 6) is -0.796. The first kappa shape index (κ1) is 15.8. The molecule has 1 aromatic heterocycles. The summed E-state index contributed by atoms with van der Waals surface area (Å²) in [6.45, 7) is 0. The summed E-state index contributed by atoms with van der Waals surface area (Å²) >= 11 is 1.37. The van der Waals surface area contributed by atoms with E-state index in [0.29, 0.717) is 18.0 Å². The van der Waals surface area contributed by atoms with Crippen LogP contribution in [0.2, 0.25) is 0 Å². The number of urea groups is 1. The Balaban J connectivity index is 1.73. The van der Waals surface area contributed by atoms with Crippen molar-refractivity contribution in [1.82, 2.24) is 10.3 Å². The number of carboxylic acid groups (broad SMARTS) is 1. The van der Waals surface area contributed by atoms with Gasteiger partial charge in [-0.2, -0.15) is 0 Å². The number of carboxylic acids is 1. The van der Waals surface area contributed by atoms with Gasteiger partial charge in [0, 0.05) is 17.8 Å². The molecule has 0 spiro atoms. The van der Waals surface area contributed by atoms with Gasteiger partial charge >= 0.3 is 12.0 Å². The second kappa shape index (κ2) is 7.97. The lowest BCUT2D eigenvalue weighted by Gasteiger charge is -2.22. The van der Waals surface area contributed by atoms with Crippen LogP contribution in [0.25, 0.3) is 0 Å². The van der Waals surface area contributed by atoms with Crippen LogP contribution in [0.4, 0.5) is 9.93 Å². The van der Waals surface area contributed by atoms with E-state index in [0.717, 1.165) is 18.5 Å². The first-order valence-corrected chi connectivity index (χ1v) is 8.25. The summed E-state index contributed by atoms with van der Waals surface area (Å²) in [6, 6.07) is 0.0714. The lowest BCUT2D eigenvalue weighted by atomic mass is 9.96. The van der Waals surface area contributed by atoms with Gasteiger partial charge in [-0.05, 0) is 25.7 Å². The number of anilines is 1. The molecule has 0 aromatic carbocycles. The molecule has 2 rings (SSSR count). The Labute approximate surface area is 128 Å². The van der Waals surface area contributed by atoms with E-state index in [2.05, 4.69) is 15.6 Å². The minimum absolute atomic E-state index is 0.141. The third-order valence-electron chi connectivity index (χ3n) is 3.54. The van der Waals surface area contributed by atoms with Gasteiger partial charge in [0.2, 0.25) is 0 Å². The molecule has 0 bridgehead atoms. The first-order chi connectivity index (χ1) is 10.1. The van der Waals surface area contributed by atoms with E-state index in [4.69, 9.17) is 5.11 Å². The molecule has 0 aliphatic heterocycles. The summed E-state index contributed by atoms with van der Waals surface area (Å²) in [5, 5.41) is 16.7. The van der Waals surface area contributed by atoms with Crippen molar-refractivity contribution in [2.45, 2.75) is 57.4 Å². The molecule has 1 saturated carbocycles. The number of hydrogen-bond donors (Lipinski definition) is 3. The van der Waals surface area contributed by atoms with Crippen molar-refractivity contribution in [2.24, 2.45) is 0 Å². The van der Waals surface area contributed by atoms with Crippen LogP contribution in [0.15, 0.2) is 5.38 Å². The van der Waals surface area contributed by atoms with Gasteiger partial charge < -0.3 is 10.4 Å². The van der Waals surface area contributed by atoms with E-state index in [9.17, 15) is 9.59 Å². The first-order valence-electron chi connectivity index (χ1n) is 7.37. The number of amides is 2. The Hall–Kier alpha value is -1.63. The predicted octanol–water partition coefficient (Wildman–Crippen LogP) is 3.00. The molecular formula is C14H21N3O3S. The number of aromatic nitrogens is 1. The van der Waals surface area contributed by atoms with Gasteiger partial charge in [-0.3, -0.25) is 10.1 Å². The van der Waals surface area contributed by atoms with Crippen LogP contribution in [0.1, 0.15) is 50.6 Å². The maximum Gasteiger partial charge on any atom is 0.321 e. The maximum absolute atomic E-state index is 11.9. The van der Waals surface area contributed by atoms with Gasteiger partial charge in [0.05, 0.1) is 5.69 Å². The number of carbonyl (C=O) groups is 2. The highest BCUT2D eigenvalue weighted by Crippen LogP contribution is 2.19. The van der Waals surface area contributed by atoms with E-state index in [-0.39, 0.29) is 18.5 Å². The zero-order valence-corrected chi connectivity index (χ0v) is 12.7. The van der Waals surface area contributed by atoms with Crippen LogP contribution >= 0.6 is 11.3 Å². The molecule has 1 fully saturated rings. The molecule has 1 aromatic rings. The summed E-state index contributed by atoms with van der Waals surface area (Å²) < 4.78 is 0. The van der Waals surface area contributed by atoms with E-state index < -0.39 is 5.97 Å². The normalized spacial score (nSPS) is 15.6. The third-order valence-corrected chi connectivity index (χ3v) is 4.34. The van der Waals surface area contributed by atoms with Crippen molar-refractivity contribution in [3.63, 3.8) is 0 Å². The van der Waals surface area contributed by atoms with Crippen LogP contribution in [-0.2, 0) is 11.2 Å². The molecule has 1 aliphatic carbocycles. The second-order valence-corrected chi connectivity index (χ2v) is 6.18. The fraction of sp³-hybridized carbons (Fsp3) is 0.643. The molecule has 0 unspecified atom stereocenters. The van der Waals surface area contributed by atoms with Crippen molar-refractivity contribution < 1.29 is 14.7 Å². The van der Waals surface area contributed by atoms with Crippen molar-refractivity contribution in [3.8, 4) is 0 Å². The third kappa shape index (κ3) is 5.71. The van der Waals surface area contributed by atoms with Gasteiger partial charge in [0.15, 0.2) is 5.13 Å². The molecule has 1 aliphatic rings. The molecule has 6 nitrogen and oxygen atoms in total. The Morgan fingerprint density at radius 2 is 2.10 bits per heavy atom. The van der Waals surface area contributed by atoms with E-state index in [1.807, 2.05) is 5.38 Å². The minimum Gasteiger partial charge on any atom is -0.481 e. The van der Waals surface area contributed by atoms with Crippen LogP contribution in [-0.4, -0.2) is 28.1 Å². The monoisotopic (exact) mass is 311 g/mol. The van der Waals surface area contributed by atoms with Gasteiger partial charge in [-0.1, -0.05) is 19.3 Å². The largest absolute Gasteiger partial charge is 0.481 e. The number of carbonyl (C=O) groups excluding carboxylic acids is 1. The number of rotatable bonds is 6. The lowest BCUT2D eigenvalue weighted by molar-refractivity contribution is -0.137. The summed E-state index contributed by atoms with van der Waals surface area (Å²) in [4.78, 5) is 26.6. The highest BCUT2D eigenvalue weighted by Gasteiger charge is 2.16. The van der Waals surface area contributed by atoms with Crippen molar-refractivity contribution in [1.29, 1.82) is 0 Å². The zero-order valence-electron chi connectivity index (χ0n) is 11.9. The molecule has 2 amide bonds. The highest BCUT2D eigenvalue weighted by atomic mass is 32.1. The maximum atomic E-state index is 11.9. The van der Waals surface area contributed by atoms with Crippen LogP contribution in [0.5, 0.6) is 0 Å². The fourth-order valence-electron chi connectivity index (χ4n) is 2.47. The van der Waals surface area contributed by atoms with Crippen LogP contribution < -0.4 is 10.6 Å². The smallest absolute Gasteiger partial charge is 0.321 e. The molecular weight excluding hydrogens is 290 g/mol. The second-order valence-electron chi connectivity index (χ2n) is 5.32. The number of hydrogen-bond acceptors (Lipinski definition) is 4. The van der Waals surface area contributed by atoms with Crippen LogP contribution in [0.3, 0.4) is 0 Å². The minimum atomic E-state index is -0.796. The van der Waals surface area contributed by atoms with Gasteiger partial charge in [0.25, 0.3) is 0 Å². The number of thiazole rings is 1. The molecule has 3 N–H and O–H groups in total. The standard InChI is InChI=1S/C14H21N3O3S/c18-12(19)8-4-7-11-9-21-14(16-11)17-13(20)15-10-5-2-1-3-6-10/h9-10H,1-8H2,(H,18,19)(H2,15,16,17,20). The number of aryl methyl sites for hydroxylation is 1. The number of aliphatic carboxylic acids is 1. The van der Waals surface area contributed by atoms with Crippen molar-refractivity contribution in [2.75, 3.05) is 5.32 Å². The number of nitrogens with one attached hydrogen (secondary N) is 2. The average Bonchev–Trinajstić information content (AvgIpc) is 2.86. The quantitative estimate of drug-likeness (QED) is 0.753. The van der Waals surface area contributed by atoms with E-state index >= 15 is 0 Å². The molecule has 0 radical (unpaired) electrons. The van der Waals surface area contributed by atoms with Gasteiger partial charge in [-0.25, -0.2) is 9.78 Å². The Bertz CT molecular complexity index is 484. The average molecular weight is 311 g/mol. The molecule has 0 atom stereocenters. The van der Waals surface area contributed by atoms with Crippen LogP contribution in [0, 0.1) is 0 Å². The zero-order chi connectivity index (χ0) is 15.1.